The van der Waals surface area contributed by atoms with Crippen LogP contribution in [-0.2, 0) is 11.2 Å². The number of hydrogen-bond donors (Lipinski definition) is 0. The Morgan fingerprint density at radius 2 is 2.00 bits per heavy atom. The Balaban J connectivity index is 1.96. The zero-order valence-corrected chi connectivity index (χ0v) is 13.3. The van der Waals surface area contributed by atoms with Crippen LogP contribution in [0.1, 0.15) is 42.3 Å². The van der Waals surface area contributed by atoms with Gasteiger partial charge < -0.3 is 4.90 Å². The molecule has 114 valence electrons. The van der Waals surface area contributed by atoms with Crippen LogP contribution in [0, 0.1) is 5.92 Å². The van der Waals surface area contributed by atoms with Crippen molar-refractivity contribution in [2.75, 3.05) is 18.5 Å². The number of nitrogens with zero attached hydrogens (tertiary/aromatic N) is 3. The van der Waals surface area contributed by atoms with Crippen LogP contribution in [0.5, 0.6) is 0 Å². The van der Waals surface area contributed by atoms with E-state index in [2.05, 4.69) is 9.89 Å². The number of likely N-dealkylation sites (N-methyl/N-ethyl adjacent to an activating group) is 1. The summed E-state index contributed by atoms with van der Waals surface area (Å²) in [6.45, 7) is 6.69. The molecule has 0 radical (unpaired) electrons. The summed E-state index contributed by atoms with van der Waals surface area (Å²) in [6, 6.07) is 3.89. The van der Waals surface area contributed by atoms with Gasteiger partial charge in [0.1, 0.15) is 11.4 Å². The number of fused-ring (bicyclic) bond motifs is 5. The molecule has 22 heavy (non-hydrogen) atoms. The number of carbonyl (C=O) groups excluding carboxylic acids is 2. The molecule has 3 aliphatic rings. The maximum atomic E-state index is 12.9. The molecule has 1 unspecified atom stereocenters. The lowest BCUT2D eigenvalue weighted by molar-refractivity contribution is -0.126. The second kappa shape index (κ2) is 3.97. The Labute approximate surface area is 129 Å². The van der Waals surface area contributed by atoms with Crippen LogP contribution in [0.25, 0.3) is 0 Å². The molecule has 0 N–H and O–H groups in total. The zero-order valence-electron chi connectivity index (χ0n) is 13.3. The van der Waals surface area contributed by atoms with Crippen molar-refractivity contribution < 1.29 is 9.59 Å². The van der Waals surface area contributed by atoms with Crippen LogP contribution in [0.15, 0.2) is 17.1 Å². The summed E-state index contributed by atoms with van der Waals surface area (Å²) in [7, 11) is 2.05. The van der Waals surface area contributed by atoms with Crippen molar-refractivity contribution in [2.45, 2.75) is 32.7 Å². The Kier molecular flexibility index (Phi) is 2.43. The van der Waals surface area contributed by atoms with Crippen molar-refractivity contribution >= 4 is 23.3 Å². The molecule has 0 fully saturated rings. The van der Waals surface area contributed by atoms with E-state index in [0.717, 1.165) is 29.8 Å². The van der Waals surface area contributed by atoms with Crippen molar-refractivity contribution in [2.24, 2.45) is 10.9 Å². The number of amides is 2. The summed E-state index contributed by atoms with van der Waals surface area (Å²) in [6.07, 6.45) is 0.891. The minimum Gasteiger partial charge on any atom is -0.374 e. The minimum atomic E-state index is -0.872. The molecule has 2 amide bonds. The third-order valence-corrected chi connectivity index (χ3v) is 5.49. The Morgan fingerprint density at radius 1 is 1.27 bits per heavy atom. The number of amidine groups is 1. The summed E-state index contributed by atoms with van der Waals surface area (Å²) >= 11 is 0. The smallest absolute Gasteiger partial charge is 0.274 e. The van der Waals surface area contributed by atoms with Gasteiger partial charge in [-0.05, 0) is 37.0 Å². The van der Waals surface area contributed by atoms with Gasteiger partial charge in [0.2, 0.25) is 0 Å². The number of anilines is 1. The quantitative estimate of drug-likeness (QED) is 0.795. The predicted octanol–water partition coefficient (Wildman–Crippen LogP) is 1.84. The number of benzene rings is 1. The van der Waals surface area contributed by atoms with Crippen molar-refractivity contribution in [3.8, 4) is 0 Å². The summed E-state index contributed by atoms with van der Waals surface area (Å²) in [5.41, 5.74) is 2.98. The van der Waals surface area contributed by atoms with Gasteiger partial charge in [0, 0.05) is 24.8 Å². The topological polar surface area (TPSA) is 53.0 Å². The van der Waals surface area contributed by atoms with Crippen LogP contribution >= 0.6 is 0 Å². The van der Waals surface area contributed by atoms with E-state index in [1.807, 2.05) is 40.0 Å². The average Bonchev–Trinajstić information content (AvgIpc) is 3.06. The largest absolute Gasteiger partial charge is 0.374 e. The van der Waals surface area contributed by atoms with E-state index in [0.29, 0.717) is 11.4 Å². The van der Waals surface area contributed by atoms with E-state index in [4.69, 9.17) is 0 Å². The predicted molar refractivity (Wildman–Crippen MR) is 84.4 cm³/mol. The maximum Gasteiger partial charge on any atom is 0.274 e. The van der Waals surface area contributed by atoms with Crippen molar-refractivity contribution in [3.05, 3.63) is 28.8 Å². The normalized spacial score (nSPS) is 25.8. The van der Waals surface area contributed by atoms with Gasteiger partial charge in [0.05, 0.1) is 5.56 Å². The maximum absolute atomic E-state index is 12.9. The van der Waals surface area contributed by atoms with Gasteiger partial charge in [-0.15, -0.1) is 0 Å². The SMILES string of the molecule is CC(C)C1(C)C(=O)N=C2c3c(ccc4c3CCN4C)C(=O)N21. The fourth-order valence-electron chi connectivity index (χ4n) is 3.76. The molecule has 5 heteroatoms. The fraction of sp³-hybridized carbons (Fsp3) is 0.471. The molecule has 4 rings (SSSR count). The van der Waals surface area contributed by atoms with E-state index in [1.165, 1.54) is 0 Å². The first-order valence-electron chi connectivity index (χ1n) is 7.72. The van der Waals surface area contributed by atoms with Crippen LogP contribution in [0.2, 0.25) is 0 Å². The molecule has 0 spiro atoms. The van der Waals surface area contributed by atoms with Crippen LogP contribution in [0.3, 0.4) is 0 Å². The second-order valence-corrected chi connectivity index (χ2v) is 6.84. The lowest BCUT2D eigenvalue weighted by Crippen LogP contribution is -2.53. The molecule has 0 saturated carbocycles. The van der Waals surface area contributed by atoms with E-state index in [1.54, 1.807) is 4.90 Å². The number of aliphatic imine (C=N–C) groups is 1. The lowest BCUT2D eigenvalue weighted by Gasteiger charge is -2.34. The molecule has 3 aliphatic heterocycles. The Hall–Kier alpha value is -2.17. The highest BCUT2D eigenvalue weighted by Gasteiger charge is 2.56. The first-order chi connectivity index (χ1) is 10.4. The molecule has 0 saturated heterocycles. The van der Waals surface area contributed by atoms with E-state index in [-0.39, 0.29) is 17.7 Å². The summed E-state index contributed by atoms with van der Waals surface area (Å²) in [4.78, 5) is 33.5. The molecule has 1 atom stereocenters. The van der Waals surface area contributed by atoms with Crippen molar-refractivity contribution in [1.29, 1.82) is 0 Å². The highest BCUT2D eigenvalue weighted by molar-refractivity contribution is 6.31. The van der Waals surface area contributed by atoms with E-state index >= 15 is 0 Å². The third kappa shape index (κ3) is 1.32. The molecule has 3 heterocycles. The van der Waals surface area contributed by atoms with Crippen molar-refractivity contribution in [1.82, 2.24) is 4.90 Å². The molecular weight excluding hydrogens is 278 g/mol. The molecular formula is C17H19N3O2. The van der Waals surface area contributed by atoms with Gasteiger partial charge in [-0.2, -0.15) is 4.99 Å². The zero-order chi connectivity index (χ0) is 15.8. The molecule has 0 aromatic heterocycles. The summed E-state index contributed by atoms with van der Waals surface area (Å²) in [5.74, 6) is 0.275. The van der Waals surface area contributed by atoms with Gasteiger partial charge >= 0.3 is 0 Å². The minimum absolute atomic E-state index is 0.00948. The second-order valence-electron chi connectivity index (χ2n) is 6.84. The molecule has 1 aromatic rings. The van der Waals surface area contributed by atoms with Gasteiger partial charge in [-0.1, -0.05) is 13.8 Å². The van der Waals surface area contributed by atoms with Gasteiger partial charge in [0.15, 0.2) is 0 Å². The Bertz CT molecular complexity index is 765. The van der Waals surface area contributed by atoms with Crippen LogP contribution < -0.4 is 4.90 Å². The third-order valence-electron chi connectivity index (χ3n) is 5.49. The molecule has 5 nitrogen and oxygen atoms in total. The van der Waals surface area contributed by atoms with E-state index < -0.39 is 5.54 Å². The molecule has 0 bridgehead atoms. The first-order valence-corrected chi connectivity index (χ1v) is 7.72. The Morgan fingerprint density at radius 3 is 2.68 bits per heavy atom. The average molecular weight is 297 g/mol. The molecule has 1 aromatic carbocycles. The van der Waals surface area contributed by atoms with Gasteiger partial charge in [-0.25, -0.2) is 0 Å². The van der Waals surface area contributed by atoms with Crippen LogP contribution in [0.4, 0.5) is 5.69 Å². The van der Waals surface area contributed by atoms with Gasteiger partial charge in [-0.3, -0.25) is 14.5 Å². The van der Waals surface area contributed by atoms with Gasteiger partial charge in [0.25, 0.3) is 11.8 Å². The lowest BCUT2D eigenvalue weighted by atomic mass is 9.87. The van der Waals surface area contributed by atoms with Crippen molar-refractivity contribution in [3.63, 3.8) is 0 Å². The fourth-order valence-corrected chi connectivity index (χ4v) is 3.76. The number of carbonyl (C=O) groups is 2. The standard InChI is InChI=1S/C17H19N3O2/c1-9(2)17(3)16(22)18-14-13-10-7-8-19(4)12(10)6-5-11(13)15(21)20(14)17/h5-6,9H,7-8H2,1-4H3. The summed E-state index contributed by atoms with van der Waals surface area (Å²) in [5, 5.41) is 0. The monoisotopic (exact) mass is 297 g/mol. The number of hydrogen-bond acceptors (Lipinski definition) is 3. The van der Waals surface area contributed by atoms with E-state index in [9.17, 15) is 9.59 Å². The first kappa shape index (κ1) is 13.5. The summed E-state index contributed by atoms with van der Waals surface area (Å²) < 4.78 is 0. The number of rotatable bonds is 1. The van der Waals surface area contributed by atoms with Crippen LogP contribution in [-0.4, -0.2) is 41.7 Å². The molecule has 0 aliphatic carbocycles. The highest BCUT2D eigenvalue weighted by Crippen LogP contribution is 2.43. The highest BCUT2D eigenvalue weighted by atomic mass is 16.2.